The number of hydrogen-bond donors (Lipinski definition) is 2. The van der Waals surface area contributed by atoms with Gasteiger partial charge in [-0.1, -0.05) is 12.1 Å². The van der Waals surface area contributed by atoms with Crippen LogP contribution < -0.4 is 15.5 Å². The summed E-state index contributed by atoms with van der Waals surface area (Å²) in [6, 6.07) is 7.85. The van der Waals surface area contributed by atoms with Crippen molar-refractivity contribution in [1.29, 1.82) is 0 Å². The van der Waals surface area contributed by atoms with Crippen LogP contribution in [0.4, 0.5) is 22.0 Å². The lowest BCUT2D eigenvalue weighted by molar-refractivity contribution is -0.121. The highest BCUT2D eigenvalue weighted by atomic mass is 16.2. The predicted molar refractivity (Wildman–Crippen MR) is 112 cm³/mol. The molecule has 0 bridgehead atoms. The Hall–Kier alpha value is -3.16. The van der Waals surface area contributed by atoms with Crippen LogP contribution in [-0.4, -0.2) is 53.0 Å². The van der Waals surface area contributed by atoms with E-state index in [0.29, 0.717) is 31.7 Å². The topological polar surface area (TPSA) is 90.5 Å². The van der Waals surface area contributed by atoms with E-state index < -0.39 is 0 Å². The SMILES string of the molecule is O=C(Nc1cnccn1)C1CCN(C(=O)Nc2ccccc2N2CCCC2)CC1. The van der Waals surface area contributed by atoms with Gasteiger partial charge in [0.1, 0.15) is 0 Å². The predicted octanol–water partition coefficient (Wildman–Crippen LogP) is 2.96. The molecule has 8 heteroatoms. The minimum absolute atomic E-state index is 0.0649. The molecule has 3 heterocycles. The molecule has 1 aromatic heterocycles. The van der Waals surface area contributed by atoms with E-state index in [0.717, 1.165) is 24.5 Å². The fraction of sp³-hybridized carbons (Fsp3) is 0.429. The highest BCUT2D eigenvalue weighted by molar-refractivity contribution is 5.94. The monoisotopic (exact) mass is 394 g/mol. The van der Waals surface area contributed by atoms with Crippen molar-refractivity contribution < 1.29 is 9.59 Å². The molecule has 0 spiro atoms. The van der Waals surface area contributed by atoms with E-state index in [9.17, 15) is 9.59 Å². The number of rotatable bonds is 4. The second-order valence-electron chi connectivity index (χ2n) is 7.48. The Labute approximate surface area is 170 Å². The lowest BCUT2D eigenvalue weighted by Crippen LogP contribution is -2.43. The first kappa shape index (κ1) is 19.2. The van der Waals surface area contributed by atoms with Crippen molar-refractivity contribution in [3.63, 3.8) is 0 Å². The molecular weight excluding hydrogens is 368 g/mol. The fourth-order valence-corrected chi connectivity index (χ4v) is 3.94. The van der Waals surface area contributed by atoms with Gasteiger partial charge < -0.3 is 20.4 Å². The van der Waals surface area contributed by atoms with Gasteiger partial charge in [0.25, 0.3) is 0 Å². The molecule has 2 aliphatic heterocycles. The summed E-state index contributed by atoms with van der Waals surface area (Å²) >= 11 is 0. The summed E-state index contributed by atoms with van der Waals surface area (Å²) in [6.07, 6.45) is 8.27. The number of anilines is 3. The first-order valence-corrected chi connectivity index (χ1v) is 10.2. The number of urea groups is 1. The number of carbonyl (C=O) groups excluding carboxylic acids is 2. The summed E-state index contributed by atoms with van der Waals surface area (Å²) < 4.78 is 0. The molecule has 2 saturated heterocycles. The number of benzene rings is 1. The third-order valence-electron chi connectivity index (χ3n) is 5.56. The average Bonchev–Trinajstić information content (AvgIpc) is 3.30. The second kappa shape index (κ2) is 8.89. The van der Waals surface area contributed by atoms with E-state index in [4.69, 9.17) is 0 Å². The minimum atomic E-state index is -0.127. The van der Waals surface area contributed by atoms with Crippen LogP contribution in [0.3, 0.4) is 0 Å². The van der Waals surface area contributed by atoms with Crippen LogP contribution in [0.5, 0.6) is 0 Å². The van der Waals surface area contributed by atoms with Gasteiger partial charge in [0, 0.05) is 44.5 Å². The average molecular weight is 394 g/mol. The number of para-hydroxylation sites is 2. The molecule has 2 aliphatic rings. The van der Waals surface area contributed by atoms with Gasteiger partial charge in [-0.3, -0.25) is 9.78 Å². The summed E-state index contributed by atoms with van der Waals surface area (Å²) in [5.41, 5.74) is 1.93. The zero-order valence-electron chi connectivity index (χ0n) is 16.4. The van der Waals surface area contributed by atoms with Crippen LogP contribution in [0, 0.1) is 5.92 Å². The molecular formula is C21H26N6O2. The molecule has 0 saturated carbocycles. The second-order valence-corrected chi connectivity index (χ2v) is 7.48. The van der Waals surface area contributed by atoms with Gasteiger partial charge in [-0.05, 0) is 37.8 Å². The Kier molecular flexibility index (Phi) is 5.88. The Bertz CT molecular complexity index is 845. The maximum absolute atomic E-state index is 12.8. The molecule has 0 atom stereocenters. The minimum Gasteiger partial charge on any atom is -0.370 e. The molecule has 2 fully saturated rings. The van der Waals surface area contributed by atoms with E-state index in [1.807, 2.05) is 18.2 Å². The number of nitrogens with one attached hydrogen (secondary N) is 2. The van der Waals surface area contributed by atoms with E-state index in [1.54, 1.807) is 17.3 Å². The molecule has 0 unspecified atom stereocenters. The Morgan fingerprint density at radius 1 is 0.966 bits per heavy atom. The van der Waals surface area contributed by atoms with Crippen molar-refractivity contribution in [1.82, 2.24) is 14.9 Å². The standard InChI is InChI=1S/C21H26N6O2/c28-20(25-19-15-22-9-10-23-19)16-7-13-27(14-8-16)21(29)24-17-5-1-2-6-18(17)26-11-3-4-12-26/h1-2,5-6,9-10,15-16H,3-4,7-8,11-14H2,(H,24,29)(H,23,25,28). The molecule has 1 aromatic carbocycles. The van der Waals surface area contributed by atoms with Crippen LogP contribution >= 0.6 is 0 Å². The lowest BCUT2D eigenvalue weighted by Gasteiger charge is -2.32. The molecule has 2 N–H and O–H groups in total. The summed E-state index contributed by atoms with van der Waals surface area (Å²) in [6.45, 7) is 3.16. The number of nitrogens with zero attached hydrogens (tertiary/aromatic N) is 4. The lowest BCUT2D eigenvalue weighted by atomic mass is 9.96. The molecule has 4 rings (SSSR count). The Morgan fingerprint density at radius 2 is 1.72 bits per heavy atom. The van der Waals surface area contributed by atoms with E-state index in [1.165, 1.54) is 19.0 Å². The molecule has 3 amide bonds. The largest absolute Gasteiger partial charge is 0.370 e. The summed E-state index contributed by atoms with van der Waals surface area (Å²) in [7, 11) is 0. The third kappa shape index (κ3) is 4.64. The van der Waals surface area contributed by atoms with Crippen molar-refractivity contribution in [3.05, 3.63) is 42.9 Å². The number of piperidine rings is 1. The summed E-state index contributed by atoms with van der Waals surface area (Å²) in [5.74, 6) is 0.263. The highest BCUT2D eigenvalue weighted by Crippen LogP contribution is 2.29. The van der Waals surface area contributed by atoms with Gasteiger partial charge >= 0.3 is 6.03 Å². The smallest absolute Gasteiger partial charge is 0.321 e. The molecule has 29 heavy (non-hydrogen) atoms. The van der Waals surface area contributed by atoms with Gasteiger partial charge in [-0.25, -0.2) is 9.78 Å². The van der Waals surface area contributed by atoms with Crippen molar-refractivity contribution in [2.45, 2.75) is 25.7 Å². The van der Waals surface area contributed by atoms with Crippen molar-refractivity contribution in [2.75, 3.05) is 41.7 Å². The summed E-state index contributed by atoms with van der Waals surface area (Å²) in [5, 5.41) is 5.86. The highest BCUT2D eigenvalue weighted by Gasteiger charge is 2.28. The number of likely N-dealkylation sites (tertiary alicyclic amines) is 1. The van der Waals surface area contributed by atoms with Gasteiger partial charge in [-0.2, -0.15) is 0 Å². The van der Waals surface area contributed by atoms with Crippen molar-refractivity contribution in [3.8, 4) is 0 Å². The molecule has 152 valence electrons. The maximum Gasteiger partial charge on any atom is 0.321 e. The van der Waals surface area contributed by atoms with Gasteiger partial charge in [0.2, 0.25) is 5.91 Å². The number of aromatic nitrogens is 2. The maximum atomic E-state index is 12.8. The molecule has 8 nitrogen and oxygen atoms in total. The van der Waals surface area contributed by atoms with Gasteiger partial charge in [0.05, 0.1) is 17.6 Å². The van der Waals surface area contributed by atoms with Crippen molar-refractivity contribution in [2.24, 2.45) is 5.92 Å². The normalized spacial score (nSPS) is 17.2. The first-order valence-electron chi connectivity index (χ1n) is 10.2. The van der Waals surface area contributed by atoms with Crippen LogP contribution in [0.15, 0.2) is 42.9 Å². The Balaban J connectivity index is 1.31. The Morgan fingerprint density at radius 3 is 2.45 bits per heavy atom. The number of carbonyl (C=O) groups is 2. The van der Waals surface area contributed by atoms with Crippen LogP contribution in [0.25, 0.3) is 0 Å². The summed E-state index contributed by atoms with van der Waals surface area (Å²) in [4.78, 5) is 37.3. The van der Waals surface area contributed by atoms with Crippen LogP contribution in [0.2, 0.25) is 0 Å². The van der Waals surface area contributed by atoms with Gasteiger partial charge in [0.15, 0.2) is 5.82 Å². The zero-order valence-corrected chi connectivity index (χ0v) is 16.4. The van der Waals surface area contributed by atoms with Crippen LogP contribution in [-0.2, 0) is 4.79 Å². The van der Waals surface area contributed by atoms with Crippen LogP contribution in [0.1, 0.15) is 25.7 Å². The first-order chi connectivity index (χ1) is 14.2. The third-order valence-corrected chi connectivity index (χ3v) is 5.56. The van der Waals surface area contributed by atoms with E-state index >= 15 is 0 Å². The zero-order chi connectivity index (χ0) is 20.1. The quantitative estimate of drug-likeness (QED) is 0.832. The number of hydrogen-bond acceptors (Lipinski definition) is 5. The van der Waals surface area contributed by atoms with E-state index in [-0.39, 0.29) is 17.9 Å². The molecule has 0 aliphatic carbocycles. The fourth-order valence-electron chi connectivity index (χ4n) is 3.94. The van der Waals surface area contributed by atoms with Crippen molar-refractivity contribution >= 4 is 29.1 Å². The molecule has 2 aromatic rings. The van der Waals surface area contributed by atoms with Gasteiger partial charge in [-0.15, -0.1) is 0 Å². The number of amides is 3. The molecule has 0 radical (unpaired) electrons. The van der Waals surface area contributed by atoms with E-state index in [2.05, 4.69) is 31.6 Å².